The van der Waals surface area contributed by atoms with Crippen LogP contribution in [0.25, 0.3) is 33.6 Å². The SMILES string of the molecule is c1nc(SC2CCCCC2)c2c(-c3nc(SC4CCCC4)c4ccoc4n3)coc2n1. The first kappa shape index (κ1) is 19.6. The number of rotatable bonds is 5. The average Bonchev–Trinajstić information content (AvgIpc) is 3.55. The molecule has 31 heavy (non-hydrogen) atoms. The maximum Gasteiger partial charge on any atom is 0.230 e. The molecule has 0 bridgehead atoms. The van der Waals surface area contributed by atoms with Crippen molar-refractivity contribution in [2.75, 3.05) is 0 Å². The number of hydrogen-bond donors (Lipinski definition) is 0. The predicted octanol–water partition coefficient (Wildman–Crippen LogP) is 6.89. The van der Waals surface area contributed by atoms with Crippen LogP contribution in [0.1, 0.15) is 57.8 Å². The van der Waals surface area contributed by atoms with Gasteiger partial charge in [-0.05, 0) is 31.7 Å². The van der Waals surface area contributed by atoms with Crippen LogP contribution < -0.4 is 0 Å². The van der Waals surface area contributed by atoms with E-state index in [1.807, 2.05) is 29.6 Å². The second kappa shape index (κ2) is 8.47. The van der Waals surface area contributed by atoms with Gasteiger partial charge in [-0.25, -0.2) is 15.0 Å². The molecule has 6 nitrogen and oxygen atoms in total. The van der Waals surface area contributed by atoms with Gasteiger partial charge in [0.25, 0.3) is 0 Å². The Morgan fingerprint density at radius 1 is 0.774 bits per heavy atom. The Morgan fingerprint density at radius 2 is 1.52 bits per heavy atom. The Hall–Kier alpha value is -2.06. The minimum atomic E-state index is 0.594. The maximum absolute atomic E-state index is 5.82. The summed E-state index contributed by atoms with van der Waals surface area (Å²) in [6.07, 6.45) is 16.5. The number of nitrogens with zero attached hydrogens (tertiary/aromatic N) is 4. The van der Waals surface area contributed by atoms with E-state index in [0.29, 0.717) is 27.8 Å². The second-order valence-corrected chi connectivity index (χ2v) is 11.0. The fourth-order valence-electron chi connectivity index (χ4n) is 4.65. The molecule has 0 spiro atoms. The van der Waals surface area contributed by atoms with Crippen LogP contribution in [0.15, 0.2) is 43.8 Å². The van der Waals surface area contributed by atoms with E-state index in [9.17, 15) is 0 Å². The Labute approximate surface area is 189 Å². The van der Waals surface area contributed by atoms with Crippen molar-refractivity contribution >= 4 is 45.7 Å². The van der Waals surface area contributed by atoms with Crippen LogP contribution in [-0.4, -0.2) is 30.4 Å². The summed E-state index contributed by atoms with van der Waals surface area (Å²) in [6, 6.07) is 1.97. The molecule has 0 aromatic carbocycles. The van der Waals surface area contributed by atoms with Gasteiger partial charge in [0.2, 0.25) is 11.4 Å². The Balaban J connectivity index is 1.43. The van der Waals surface area contributed by atoms with Crippen molar-refractivity contribution in [2.45, 2.75) is 78.3 Å². The molecule has 0 aliphatic heterocycles. The van der Waals surface area contributed by atoms with Gasteiger partial charge in [-0.3, -0.25) is 0 Å². The van der Waals surface area contributed by atoms with Crippen LogP contribution >= 0.6 is 23.5 Å². The fourth-order valence-corrected chi connectivity index (χ4v) is 7.26. The molecule has 0 saturated heterocycles. The number of aromatic nitrogens is 4. The van der Waals surface area contributed by atoms with Gasteiger partial charge in [0, 0.05) is 10.5 Å². The van der Waals surface area contributed by atoms with Crippen molar-refractivity contribution in [3.63, 3.8) is 0 Å². The fraction of sp³-hybridized carbons (Fsp3) is 0.478. The highest BCUT2D eigenvalue weighted by Gasteiger charge is 2.24. The highest BCUT2D eigenvalue weighted by atomic mass is 32.2. The van der Waals surface area contributed by atoms with Gasteiger partial charge < -0.3 is 8.83 Å². The van der Waals surface area contributed by atoms with Crippen molar-refractivity contribution in [2.24, 2.45) is 0 Å². The lowest BCUT2D eigenvalue weighted by Gasteiger charge is -2.20. The zero-order chi connectivity index (χ0) is 20.6. The first-order valence-corrected chi connectivity index (χ1v) is 12.9. The number of hydrogen-bond acceptors (Lipinski definition) is 8. The number of fused-ring (bicyclic) bond motifs is 2. The van der Waals surface area contributed by atoms with Crippen molar-refractivity contribution in [1.82, 2.24) is 19.9 Å². The van der Waals surface area contributed by atoms with E-state index in [0.717, 1.165) is 26.4 Å². The zero-order valence-corrected chi connectivity index (χ0v) is 18.9. The summed E-state index contributed by atoms with van der Waals surface area (Å²) >= 11 is 3.70. The minimum absolute atomic E-state index is 0.594. The average molecular weight is 453 g/mol. The van der Waals surface area contributed by atoms with Crippen LogP contribution in [0.3, 0.4) is 0 Å². The molecule has 0 unspecified atom stereocenters. The van der Waals surface area contributed by atoms with E-state index in [1.165, 1.54) is 57.8 Å². The second-order valence-electron chi connectivity index (χ2n) is 8.40. The topological polar surface area (TPSA) is 77.8 Å². The van der Waals surface area contributed by atoms with Crippen LogP contribution in [0.2, 0.25) is 0 Å². The zero-order valence-electron chi connectivity index (χ0n) is 17.2. The van der Waals surface area contributed by atoms with Crippen molar-refractivity contribution in [3.05, 3.63) is 24.9 Å². The monoisotopic (exact) mass is 452 g/mol. The maximum atomic E-state index is 5.82. The number of thioether (sulfide) groups is 2. The molecule has 4 aromatic rings. The van der Waals surface area contributed by atoms with Crippen molar-refractivity contribution in [1.29, 1.82) is 0 Å². The van der Waals surface area contributed by atoms with Gasteiger partial charge >= 0.3 is 0 Å². The first-order chi connectivity index (χ1) is 15.3. The summed E-state index contributed by atoms with van der Waals surface area (Å²) in [5.41, 5.74) is 2.06. The molecular weight excluding hydrogens is 428 g/mol. The van der Waals surface area contributed by atoms with E-state index in [1.54, 1.807) is 18.9 Å². The molecule has 0 N–H and O–H groups in total. The summed E-state index contributed by atoms with van der Waals surface area (Å²) in [5.74, 6) is 0.627. The summed E-state index contributed by atoms with van der Waals surface area (Å²) in [6.45, 7) is 0. The summed E-state index contributed by atoms with van der Waals surface area (Å²) in [4.78, 5) is 18.7. The van der Waals surface area contributed by atoms with Gasteiger partial charge in [-0.1, -0.05) is 32.1 Å². The molecule has 2 fully saturated rings. The lowest BCUT2D eigenvalue weighted by molar-refractivity contribution is 0.516. The summed E-state index contributed by atoms with van der Waals surface area (Å²) in [7, 11) is 0. The molecule has 8 heteroatoms. The molecule has 4 aromatic heterocycles. The van der Waals surface area contributed by atoms with E-state index < -0.39 is 0 Å². The van der Waals surface area contributed by atoms with Crippen LogP contribution in [0.4, 0.5) is 0 Å². The van der Waals surface area contributed by atoms with Crippen molar-refractivity contribution < 1.29 is 8.83 Å². The van der Waals surface area contributed by atoms with E-state index >= 15 is 0 Å². The van der Waals surface area contributed by atoms with Gasteiger partial charge in [0.15, 0.2) is 5.82 Å². The summed E-state index contributed by atoms with van der Waals surface area (Å²) < 4.78 is 11.5. The smallest absolute Gasteiger partial charge is 0.230 e. The van der Waals surface area contributed by atoms with Crippen LogP contribution in [-0.2, 0) is 0 Å². The Kier molecular flexibility index (Phi) is 5.36. The van der Waals surface area contributed by atoms with Crippen LogP contribution in [0, 0.1) is 0 Å². The lowest BCUT2D eigenvalue weighted by Crippen LogP contribution is -2.08. The Bertz CT molecular complexity index is 1210. The third-order valence-corrected chi connectivity index (χ3v) is 8.95. The molecule has 6 rings (SSSR count). The number of furan rings is 2. The molecule has 4 heterocycles. The van der Waals surface area contributed by atoms with E-state index in [2.05, 4.69) is 9.97 Å². The standard InChI is InChI=1S/C23H24N4O2S2/c1-2-6-15(7-3-1)31-23-18-17(12-29-21(18)24-13-25-23)19-26-20-16(10-11-28-20)22(27-19)30-14-8-4-5-9-14/h10-15H,1-9H2. The predicted molar refractivity (Wildman–Crippen MR) is 123 cm³/mol. The third kappa shape index (κ3) is 3.84. The quantitative estimate of drug-likeness (QED) is 0.303. The highest BCUT2D eigenvalue weighted by Crippen LogP contribution is 2.41. The normalized spacial score (nSPS) is 18.5. The minimum Gasteiger partial charge on any atom is -0.446 e. The van der Waals surface area contributed by atoms with E-state index in [4.69, 9.17) is 18.8 Å². The van der Waals surface area contributed by atoms with Gasteiger partial charge in [0.05, 0.1) is 22.6 Å². The molecule has 0 amide bonds. The summed E-state index contributed by atoms with van der Waals surface area (Å²) in [5, 5.41) is 5.07. The van der Waals surface area contributed by atoms with Gasteiger partial charge in [0.1, 0.15) is 22.6 Å². The lowest BCUT2D eigenvalue weighted by atomic mass is 10.0. The van der Waals surface area contributed by atoms with Gasteiger partial charge in [-0.2, -0.15) is 4.98 Å². The molecule has 160 valence electrons. The molecule has 0 radical (unpaired) electrons. The third-order valence-electron chi connectivity index (χ3n) is 6.28. The largest absolute Gasteiger partial charge is 0.446 e. The van der Waals surface area contributed by atoms with Crippen molar-refractivity contribution in [3.8, 4) is 11.4 Å². The highest BCUT2D eigenvalue weighted by molar-refractivity contribution is 8.00. The molecule has 2 aliphatic rings. The Morgan fingerprint density at radius 3 is 2.32 bits per heavy atom. The molecule has 2 aliphatic carbocycles. The molecule has 2 saturated carbocycles. The molecule has 0 atom stereocenters. The van der Waals surface area contributed by atoms with Gasteiger partial charge in [-0.15, -0.1) is 23.5 Å². The molecular formula is C23H24N4O2S2. The first-order valence-electron chi connectivity index (χ1n) is 11.2. The van der Waals surface area contributed by atoms with E-state index in [-0.39, 0.29) is 0 Å². The van der Waals surface area contributed by atoms with Crippen LogP contribution in [0.5, 0.6) is 0 Å².